The van der Waals surface area contributed by atoms with Crippen LogP contribution in [0.15, 0.2) is 30.3 Å². The van der Waals surface area contributed by atoms with Crippen molar-refractivity contribution >= 4 is 0 Å². The molecule has 70 valence electrons. The van der Waals surface area contributed by atoms with E-state index in [1.165, 1.54) is 5.56 Å². The Kier molecular flexibility index (Phi) is 2.62. The summed E-state index contributed by atoms with van der Waals surface area (Å²) in [6, 6.07) is 10.2. The van der Waals surface area contributed by atoms with Crippen LogP contribution in [0.25, 0.3) is 0 Å². The van der Waals surface area contributed by atoms with Crippen molar-refractivity contribution in [2.45, 2.75) is 25.0 Å². The Morgan fingerprint density at radius 1 is 1.31 bits per heavy atom. The number of hydrogen-bond donors (Lipinski definition) is 1. The predicted molar refractivity (Wildman–Crippen MR) is 50.5 cm³/mol. The molecule has 1 saturated heterocycles. The summed E-state index contributed by atoms with van der Waals surface area (Å²) in [7, 11) is 0. The SMILES string of the molecule is OC1COC(Cc2ccccc2)C1. The number of aliphatic hydroxyl groups excluding tert-OH is 1. The molecule has 1 aromatic rings. The molecule has 2 rings (SSSR count). The summed E-state index contributed by atoms with van der Waals surface area (Å²) in [6.45, 7) is 0.498. The van der Waals surface area contributed by atoms with E-state index in [0.29, 0.717) is 6.61 Å². The van der Waals surface area contributed by atoms with Gasteiger partial charge in [-0.2, -0.15) is 0 Å². The topological polar surface area (TPSA) is 29.5 Å². The van der Waals surface area contributed by atoms with Crippen LogP contribution in [0.5, 0.6) is 0 Å². The van der Waals surface area contributed by atoms with E-state index < -0.39 is 0 Å². The van der Waals surface area contributed by atoms with Crippen LogP contribution in [0, 0.1) is 0 Å². The van der Waals surface area contributed by atoms with Crippen LogP contribution < -0.4 is 0 Å². The standard InChI is InChI=1S/C11H14O2/c12-10-7-11(13-8-10)6-9-4-2-1-3-5-9/h1-5,10-12H,6-8H2. The minimum atomic E-state index is -0.256. The molecule has 0 aliphatic carbocycles. The molecule has 2 atom stereocenters. The Morgan fingerprint density at radius 2 is 2.08 bits per heavy atom. The molecule has 1 aliphatic heterocycles. The fourth-order valence-corrected chi connectivity index (χ4v) is 1.71. The van der Waals surface area contributed by atoms with Crippen molar-refractivity contribution < 1.29 is 9.84 Å². The second-order valence-electron chi connectivity index (χ2n) is 3.53. The van der Waals surface area contributed by atoms with E-state index in [1.807, 2.05) is 18.2 Å². The van der Waals surface area contributed by atoms with E-state index in [0.717, 1.165) is 12.8 Å². The molecule has 1 heterocycles. The Labute approximate surface area is 78.2 Å². The van der Waals surface area contributed by atoms with Crippen LogP contribution in [0.3, 0.4) is 0 Å². The van der Waals surface area contributed by atoms with Gasteiger partial charge in [-0.15, -0.1) is 0 Å². The molecule has 1 aliphatic rings. The van der Waals surface area contributed by atoms with Crippen molar-refractivity contribution in [2.75, 3.05) is 6.61 Å². The third-order valence-corrected chi connectivity index (χ3v) is 2.37. The van der Waals surface area contributed by atoms with E-state index in [9.17, 15) is 5.11 Å². The van der Waals surface area contributed by atoms with Gasteiger partial charge in [0.2, 0.25) is 0 Å². The first-order valence-electron chi connectivity index (χ1n) is 4.68. The van der Waals surface area contributed by atoms with Crippen LogP contribution in [-0.2, 0) is 11.2 Å². The maximum atomic E-state index is 9.25. The highest BCUT2D eigenvalue weighted by atomic mass is 16.5. The summed E-state index contributed by atoms with van der Waals surface area (Å²) < 4.78 is 5.42. The first kappa shape index (κ1) is 8.73. The number of benzene rings is 1. The van der Waals surface area contributed by atoms with E-state index in [-0.39, 0.29) is 12.2 Å². The molecule has 0 amide bonds. The van der Waals surface area contributed by atoms with E-state index in [2.05, 4.69) is 12.1 Å². The molecule has 0 bridgehead atoms. The van der Waals surface area contributed by atoms with Gasteiger partial charge in [0.05, 0.1) is 18.8 Å². The third kappa shape index (κ3) is 2.29. The lowest BCUT2D eigenvalue weighted by atomic mass is 10.1. The summed E-state index contributed by atoms with van der Waals surface area (Å²) in [5.74, 6) is 0. The number of aliphatic hydroxyl groups is 1. The monoisotopic (exact) mass is 178 g/mol. The van der Waals surface area contributed by atoms with Gasteiger partial charge in [-0.05, 0) is 12.0 Å². The smallest absolute Gasteiger partial charge is 0.0798 e. The van der Waals surface area contributed by atoms with Gasteiger partial charge in [0.1, 0.15) is 0 Å². The second-order valence-corrected chi connectivity index (χ2v) is 3.53. The number of rotatable bonds is 2. The van der Waals surface area contributed by atoms with Crippen LogP contribution in [0.4, 0.5) is 0 Å². The van der Waals surface area contributed by atoms with Crippen LogP contribution in [-0.4, -0.2) is 23.9 Å². The Morgan fingerprint density at radius 3 is 2.69 bits per heavy atom. The van der Waals surface area contributed by atoms with Gasteiger partial charge in [-0.1, -0.05) is 30.3 Å². The highest BCUT2D eigenvalue weighted by Crippen LogP contribution is 2.17. The van der Waals surface area contributed by atoms with Gasteiger partial charge in [0, 0.05) is 6.42 Å². The summed E-state index contributed by atoms with van der Waals surface area (Å²) >= 11 is 0. The first-order valence-corrected chi connectivity index (χ1v) is 4.68. The van der Waals surface area contributed by atoms with Crippen molar-refractivity contribution in [1.29, 1.82) is 0 Å². The fraction of sp³-hybridized carbons (Fsp3) is 0.455. The highest BCUT2D eigenvalue weighted by molar-refractivity contribution is 5.15. The lowest BCUT2D eigenvalue weighted by molar-refractivity contribution is 0.0889. The third-order valence-electron chi connectivity index (χ3n) is 2.37. The minimum Gasteiger partial charge on any atom is -0.391 e. The number of hydrogen-bond acceptors (Lipinski definition) is 2. The average Bonchev–Trinajstić information content (AvgIpc) is 2.53. The summed E-state index contributed by atoms with van der Waals surface area (Å²) in [5.41, 5.74) is 1.28. The van der Waals surface area contributed by atoms with Gasteiger partial charge in [-0.3, -0.25) is 0 Å². The zero-order valence-electron chi connectivity index (χ0n) is 7.52. The molecule has 1 aromatic carbocycles. The number of ether oxygens (including phenoxy) is 1. The zero-order valence-corrected chi connectivity index (χ0v) is 7.52. The Hall–Kier alpha value is -0.860. The minimum absolute atomic E-state index is 0.206. The van der Waals surface area contributed by atoms with Crippen molar-refractivity contribution in [3.8, 4) is 0 Å². The van der Waals surface area contributed by atoms with Crippen molar-refractivity contribution in [2.24, 2.45) is 0 Å². The Bertz CT molecular complexity index is 258. The van der Waals surface area contributed by atoms with Gasteiger partial charge in [0.25, 0.3) is 0 Å². The molecule has 0 saturated carbocycles. The van der Waals surface area contributed by atoms with Gasteiger partial charge >= 0.3 is 0 Å². The molecule has 0 spiro atoms. The maximum Gasteiger partial charge on any atom is 0.0798 e. The van der Waals surface area contributed by atoms with Crippen molar-refractivity contribution in [3.63, 3.8) is 0 Å². The summed E-state index contributed by atoms with van der Waals surface area (Å²) in [4.78, 5) is 0. The van der Waals surface area contributed by atoms with Gasteiger partial charge in [-0.25, -0.2) is 0 Å². The lowest BCUT2D eigenvalue weighted by Crippen LogP contribution is -2.09. The van der Waals surface area contributed by atoms with Crippen LogP contribution >= 0.6 is 0 Å². The van der Waals surface area contributed by atoms with Crippen molar-refractivity contribution in [1.82, 2.24) is 0 Å². The quantitative estimate of drug-likeness (QED) is 0.741. The molecule has 1 N–H and O–H groups in total. The first-order chi connectivity index (χ1) is 6.34. The van der Waals surface area contributed by atoms with Crippen molar-refractivity contribution in [3.05, 3.63) is 35.9 Å². The molecule has 0 aromatic heterocycles. The molecular formula is C11H14O2. The summed E-state index contributed by atoms with van der Waals surface area (Å²) in [5, 5.41) is 9.25. The molecule has 13 heavy (non-hydrogen) atoms. The molecule has 2 heteroatoms. The fourth-order valence-electron chi connectivity index (χ4n) is 1.71. The van der Waals surface area contributed by atoms with Crippen LogP contribution in [0.1, 0.15) is 12.0 Å². The van der Waals surface area contributed by atoms with E-state index in [1.54, 1.807) is 0 Å². The second kappa shape index (κ2) is 3.90. The van der Waals surface area contributed by atoms with Crippen LogP contribution in [0.2, 0.25) is 0 Å². The molecule has 1 fully saturated rings. The largest absolute Gasteiger partial charge is 0.391 e. The van der Waals surface area contributed by atoms with E-state index >= 15 is 0 Å². The summed E-state index contributed by atoms with van der Waals surface area (Å²) in [6.07, 6.45) is 1.64. The lowest BCUT2D eigenvalue weighted by Gasteiger charge is -2.08. The average molecular weight is 178 g/mol. The normalized spacial score (nSPS) is 27.8. The highest BCUT2D eigenvalue weighted by Gasteiger charge is 2.23. The molecule has 0 radical (unpaired) electrons. The van der Waals surface area contributed by atoms with Gasteiger partial charge in [0.15, 0.2) is 0 Å². The molecular weight excluding hydrogens is 164 g/mol. The zero-order chi connectivity index (χ0) is 9.10. The molecule has 2 nitrogen and oxygen atoms in total. The molecule has 2 unspecified atom stereocenters. The Balaban J connectivity index is 1.92. The van der Waals surface area contributed by atoms with E-state index in [4.69, 9.17) is 4.74 Å². The van der Waals surface area contributed by atoms with Gasteiger partial charge < -0.3 is 9.84 Å². The maximum absolute atomic E-state index is 9.25. The predicted octanol–water partition coefficient (Wildman–Crippen LogP) is 1.38.